The van der Waals surface area contributed by atoms with Crippen LogP contribution in [0.4, 0.5) is 4.79 Å². The van der Waals surface area contributed by atoms with Crippen LogP contribution in [0.1, 0.15) is 23.7 Å². The SMILES string of the molecule is C[C@]1(Cc2ccc(OCCc3ccc(CC(=O)O)cn3)cc2)SC(=O)NC1=O. The van der Waals surface area contributed by atoms with Crippen molar-refractivity contribution in [3.8, 4) is 5.75 Å². The summed E-state index contributed by atoms with van der Waals surface area (Å²) in [5, 5.41) is 10.8. The lowest BCUT2D eigenvalue weighted by atomic mass is 9.99. The number of hydrogen-bond acceptors (Lipinski definition) is 6. The van der Waals surface area contributed by atoms with Crippen molar-refractivity contribution in [3.05, 3.63) is 59.4 Å². The molecule has 0 unspecified atom stereocenters. The third-order valence-corrected chi connectivity index (χ3v) is 5.41. The number of nitrogens with zero attached hydrogens (tertiary/aromatic N) is 1. The maximum absolute atomic E-state index is 11.9. The Morgan fingerprint density at radius 3 is 2.46 bits per heavy atom. The zero-order valence-electron chi connectivity index (χ0n) is 15.3. The summed E-state index contributed by atoms with van der Waals surface area (Å²) in [6, 6.07) is 11.0. The van der Waals surface area contributed by atoms with Crippen molar-refractivity contribution in [2.75, 3.05) is 6.61 Å². The quantitative estimate of drug-likeness (QED) is 0.702. The van der Waals surface area contributed by atoms with E-state index in [1.54, 1.807) is 25.3 Å². The summed E-state index contributed by atoms with van der Waals surface area (Å²) in [6.07, 6.45) is 2.60. The van der Waals surface area contributed by atoms with E-state index in [0.29, 0.717) is 30.8 Å². The number of thioether (sulfide) groups is 1. The van der Waals surface area contributed by atoms with Gasteiger partial charge in [0.05, 0.1) is 13.0 Å². The van der Waals surface area contributed by atoms with Gasteiger partial charge in [-0.25, -0.2) is 0 Å². The Morgan fingerprint density at radius 1 is 1.18 bits per heavy atom. The smallest absolute Gasteiger partial charge is 0.307 e. The predicted molar refractivity (Wildman–Crippen MR) is 104 cm³/mol. The molecule has 1 saturated heterocycles. The van der Waals surface area contributed by atoms with E-state index in [1.807, 2.05) is 24.3 Å². The van der Waals surface area contributed by atoms with Crippen LogP contribution in [0.5, 0.6) is 5.75 Å². The van der Waals surface area contributed by atoms with Gasteiger partial charge in [-0.05, 0) is 54.4 Å². The number of amides is 2. The van der Waals surface area contributed by atoms with E-state index in [9.17, 15) is 14.4 Å². The van der Waals surface area contributed by atoms with Gasteiger partial charge in [-0.1, -0.05) is 18.2 Å². The van der Waals surface area contributed by atoms with E-state index in [1.165, 1.54) is 0 Å². The van der Waals surface area contributed by atoms with Gasteiger partial charge in [-0.15, -0.1) is 0 Å². The maximum atomic E-state index is 11.9. The highest BCUT2D eigenvalue weighted by atomic mass is 32.2. The van der Waals surface area contributed by atoms with E-state index in [0.717, 1.165) is 23.0 Å². The fraction of sp³-hybridized carbons (Fsp3) is 0.300. The molecule has 1 aromatic carbocycles. The Bertz CT molecular complexity index is 882. The molecule has 7 nitrogen and oxygen atoms in total. The Labute approximate surface area is 166 Å². The van der Waals surface area contributed by atoms with E-state index in [-0.39, 0.29) is 17.6 Å². The monoisotopic (exact) mass is 400 g/mol. The molecule has 28 heavy (non-hydrogen) atoms. The number of carbonyl (C=O) groups excluding carboxylic acids is 2. The standard InChI is InChI=1S/C20H20N2O5S/c1-20(18(25)22-19(26)28-20)11-13-3-6-16(7-4-13)27-9-8-15-5-2-14(12-21-15)10-17(23)24/h2-7,12H,8-11H2,1H3,(H,23,24)(H,22,25,26)/t20-/m1/s1. The van der Waals surface area contributed by atoms with Crippen LogP contribution >= 0.6 is 11.8 Å². The number of carbonyl (C=O) groups is 3. The molecule has 2 heterocycles. The number of hydrogen-bond donors (Lipinski definition) is 2. The number of ether oxygens (including phenoxy) is 1. The average Bonchev–Trinajstić information content (AvgIpc) is 2.89. The van der Waals surface area contributed by atoms with Gasteiger partial charge in [-0.2, -0.15) is 0 Å². The van der Waals surface area contributed by atoms with Gasteiger partial charge in [0.2, 0.25) is 5.91 Å². The molecule has 1 atom stereocenters. The van der Waals surface area contributed by atoms with Crippen molar-refractivity contribution in [1.82, 2.24) is 10.3 Å². The Morgan fingerprint density at radius 2 is 1.89 bits per heavy atom. The average molecular weight is 400 g/mol. The number of aromatic nitrogens is 1. The van der Waals surface area contributed by atoms with Crippen LogP contribution in [-0.2, 0) is 28.9 Å². The van der Waals surface area contributed by atoms with Gasteiger partial charge in [0, 0.05) is 18.3 Å². The third kappa shape index (κ3) is 5.10. The number of pyridine rings is 1. The molecule has 2 aromatic rings. The van der Waals surface area contributed by atoms with Crippen LogP contribution in [0.3, 0.4) is 0 Å². The molecule has 146 valence electrons. The van der Waals surface area contributed by atoms with Gasteiger partial charge in [0.15, 0.2) is 0 Å². The minimum absolute atomic E-state index is 0.0382. The van der Waals surface area contributed by atoms with Gasteiger partial charge >= 0.3 is 5.97 Å². The lowest BCUT2D eigenvalue weighted by Gasteiger charge is -2.18. The second kappa shape index (κ2) is 8.43. The first kappa shape index (κ1) is 19.9. The van der Waals surface area contributed by atoms with Crippen LogP contribution in [0.2, 0.25) is 0 Å². The number of benzene rings is 1. The Hall–Kier alpha value is -2.87. The second-order valence-corrected chi connectivity index (χ2v) is 8.20. The number of carboxylic acids is 1. The normalized spacial score (nSPS) is 18.8. The van der Waals surface area contributed by atoms with Crippen LogP contribution in [0.25, 0.3) is 0 Å². The van der Waals surface area contributed by atoms with E-state index >= 15 is 0 Å². The highest BCUT2D eigenvalue weighted by Crippen LogP contribution is 2.34. The van der Waals surface area contributed by atoms with E-state index in [4.69, 9.17) is 9.84 Å². The summed E-state index contributed by atoms with van der Waals surface area (Å²) in [5.41, 5.74) is 2.44. The predicted octanol–water partition coefficient (Wildman–Crippen LogP) is 2.61. The largest absolute Gasteiger partial charge is 0.493 e. The van der Waals surface area contributed by atoms with Gasteiger partial charge in [-0.3, -0.25) is 24.7 Å². The van der Waals surface area contributed by atoms with Crippen molar-refractivity contribution < 1.29 is 24.2 Å². The number of carboxylic acid groups (broad SMARTS) is 1. The first-order chi connectivity index (χ1) is 13.3. The van der Waals surface area contributed by atoms with Crippen molar-refractivity contribution in [1.29, 1.82) is 0 Å². The molecule has 0 aliphatic carbocycles. The molecule has 1 fully saturated rings. The zero-order chi connectivity index (χ0) is 20.1. The van der Waals surface area contributed by atoms with Crippen molar-refractivity contribution in [3.63, 3.8) is 0 Å². The Balaban J connectivity index is 1.49. The lowest BCUT2D eigenvalue weighted by molar-refractivity contribution is -0.136. The molecule has 0 saturated carbocycles. The number of nitrogens with one attached hydrogen (secondary N) is 1. The van der Waals surface area contributed by atoms with Crippen LogP contribution in [0.15, 0.2) is 42.6 Å². The molecule has 1 aliphatic rings. The number of rotatable bonds is 8. The minimum atomic E-state index is -0.880. The fourth-order valence-corrected chi connectivity index (χ4v) is 3.80. The molecule has 1 aromatic heterocycles. The first-order valence-electron chi connectivity index (χ1n) is 8.76. The van der Waals surface area contributed by atoms with Crippen molar-refractivity contribution in [2.24, 2.45) is 0 Å². The highest BCUT2D eigenvalue weighted by Gasteiger charge is 2.43. The molecule has 0 bridgehead atoms. The van der Waals surface area contributed by atoms with Crippen molar-refractivity contribution >= 4 is 28.9 Å². The number of imide groups is 1. The minimum Gasteiger partial charge on any atom is -0.493 e. The van der Waals surface area contributed by atoms with Gasteiger partial charge in [0.1, 0.15) is 10.5 Å². The molecule has 1 aliphatic heterocycles. The Kier molecular flexibility index (Phi) is 5.99. The van der Waals surface area contributed by atoms with Crippen LogP contribution in [0, 0.1) is 0 Å². The van der Waals surface area contributed by atoms with Crippen LogP contribution in [-0.4, -0.2) is 38.6 Å². The molecule has 0 spiro atoms. The highest BCUT2D eigenvalue weighted by molar-refractivity contribution is 8.16. The van der Waals surface area contributed by atoms with Crippen LogP contribution < -0.4 is 10.1 Å². The summed E-state index contributed by atoms with van der Waals surface area (Å²) in [4.78, 5) is 38.2. The van der Waals surface area contributed by atoms with Crippen molar-refractivity contribution in [2.45, 2.75) is 30.9 Å². The molecule has 8 heteroatoms. The summed E-state index contributed by atoms with van der Waals surface area (Å²) < 4.78 is 4.94. The third-order valence-electron chi connectivity index (χ3n) is 4.35. The lowest BCUT2D eigenvalue weighted by Crippen LogP contribution is -2.35. The maximum Gasteiger partial charge on any atom is 0.307 e. The molecule has 2 N–H and O–H groups in total. The van der Waals surface area contributed by atoms with E-state index in [2.05, 4.69) is 10.3 Å². The molecule has 2 amide bonds. The first-order valence-corrected chi connectivity index (χ1v) is 9.57. The summed E-state index contributed by atoms with van der Waals surface area (Å²) in [6.45, 7) is 2.20. The fourth-order valence-electron chi connectivity index (χ4n) is 2.87. The summed E-state index contributed by atoms with van der Waals surface area (Å²) in [5.74, 6) is -0.435. The number of aliphatic carboxylic acids is 1. The molecular weight excluding hydrogens is 380 g/mol. The summed E-state index contributed by atoms with van der Waals surface area (Å²) >= 11 is 1.02. The topological polar surface area (TPSA) is 106 Å². The molecule has 0 radical (unpaired) electrons. The zero-order valence-corrected chi connectivity index (χ0v) is 16.1. The van der Waals surface area contributed by atoms with Gasteiger partial charge in [0.25, 0.3) is 5.24 Å². The molecular formula is C20H20N2O5S. The summed E-state index contributed by atoms with van der Waals surface area (Å²) in [7, 11) is 0. The van der Waals surface area contributed by atoms with Gasteiger partial charge < -0.3 is 9.84 Å². The van der Waals surface area contributed by atoms with E-state index < -0.39 is 10.7 Å². The second-order valence-electron chi connectivity index (χ2n) is 6.72. The molecule has 3 rings (SSSR count).